The maximum Gasteiger partial charge on any atom is 0.279 e. The lowest BCUT2D eigenvalue weighted by Gasteiger charge is -2.16. The van der Waals surface area contributed by atoms with E-state index in [1.54, 1.807) is 0 Å². The Morgan fingerprint density at radius 3 is 2.63 bits per heavy atom. The number of nitrogens with two attached hydrogens (primary N) is 2. The van der Waals surface area contributed by atoms with Crippen LogP contribution in [0.4, 0.5) is 10.2 Å². The summed E-state index contributed by atoms with van der Waals surface area (Å²) in [5.41, 5.74) is 9.73. The summed E-state index contributed by atoms with van der Waals surface area (Å²) >= 11 is 0. The van der Waals surface area contributed by atoms with Crippen LogP contribution in [-0.2, 0) is 4.74 Å². The minimum absolute atomic E-state index is 0.218. The number of aliphatic hydroxyl groups excluding tert-OH is 3. The van der Waals surface area contributed by atoms with E-state index in [1.807, 2.05) is 4.98 Å². The van der Waals surface area contributed by atoms with E-state index in [2.05, 4.69) is 19.9 Å². The molecular weight excluding hydrogens is 407 g/mol. The number of anilines is 1. The Kier molecular flexibility index (Phi) is 5.97. The number of nitrogen functional groups attached to an aromatic ring is 1. The standard InChI is InChI=1S/C10H13N5O4.C5H4FN3O2/c11-8-5-9(13-2-12-8)15(3-14-5)10-7(18)6(17)4(1-16)19-10;6-2-1-8-5(11)3(9-2)4(7)10/h2-4,6-7,10,16-18H,1H2,(H2,11,12,13);1H,(H2,7,10)(H,8,11)/t4-,6-,7-,10-;/m1./s1. The van der Waals surface area contributed by atoms with Crippen LogP contribution in [0.2, 0.25) is 0 Å². The molecule has 1 amide bonds. The number of hydrogen-bond donors (Lipinski definition) is 6. The summed E-state index contributed by atoms with van der Waals surface area (Å²) in [5, 5.41) is 28.7. The molecule has 0 aliphatic carbocycles. The summed E-state index contributed by atoms with van der Waals surface area (Å²) in [4.78, 5) is 37.8. The smallest absolute Gasteiger partial charge is 0.279 e. The molecule has 1 saturated heterocycles. The number of aliphatic hydroxyl groups is 3. The molecule has 4 heterocycles. The summed E-state index contributed by atoms with van der Waals surface area (Å²) < 4.78 is 19.1. The minimum atomic E-state index is -1.19. The fourth-order valence-electron chi connectivity index (χ4n) is 2.72. The molecule has 8 N–H and O–H groups in total. The van der Waals surface area contributed by atoms with Gasteiger partial charge in [0.25, 0.3) is 11.5 Å². The zero-order valence-corrected chi connectivity index (χ0v) is 15.1. The van der Waals surface area contributed by atoms with E-state index in [0.29, 0.717) is 11.2 Å². The number of carbonyl (C=O) groups is 1. The molecule has 1 aliphatic heterocycles. The van der Waals surface area contributed by atoms with Gasteiger partial charge in [-0.1, -0.05) is 0 Å². The Balaban J connectivity index is 0.000000199. The average molecular weight is 424 g/mol. The number of rotatable bonds is 3. The van der Waals surface area contributed by atoms with Crippen LogP contribution in [0.3, 0.4) is 0 Å². The van der Waals surface area contributed by atoms with Crippen LogP contribution in [0.15, 0.2) is 23.6 Å². The fraction of sp³-hybridized carbons (Fsp3) is 0.333. The van der Waals surface area contributed by atoms with Crippen LogP contribution >= 0.6 is 0 Å². The second kappa shape index (κ2) is 8.46. The molecule has 14 nitrogen and oxygen atoms in total. The number of nitrogens with zero attached hydrogens (tertiary/aromatic N) is 5. The SMILES string of the molecule is NC(=O)c1nc(F)c[nH]c1=O.Nc1ncnc2c1ncn2[C@@H]1O[C@H](CO)[C@@H](O)[C@H]1O. The molecule has 0 saturated carbocycles. The van der Waals surface area contributed by atoms with E-state index in [9.17, 15) is 24.2 Å². The highest BCUT2D eigenvalue weighted by molar-refractivity contribution is 5.90. The molecule has 0 bridgehead atoms. The first-order valence-electron chi connectivity index (χ1n) is 8.35. The largest absolute Gasteiger partial charge is 0.394 e. The number of aromatic amines is 1. The van der Waals surface area contributed by atoms with Crippen molar-refractivity contribution in [1.82, 2.24) is 29.5 Å². The Labute approximate surface area is 166 Å². The predicted octanol–water partition coefficient (Wildman–Crippen LogP) is -2.97. The molecule has 3 aromatic heterocycles. The number of halogens is 1. The first-order chi connectivity index (χ1) is 14.2. The monoisotopic (exact) mass is 424 g/mol. The van der Waals surface area contributed by atoms with Crippen LogP contribution < -0.4 is 17.0 Å². The van der Waals surface area contributed by atoms with Gasteiger partial charge in [0.05, 0.1) is 19.1 Å². The van der Waals surface area contributed by atoms with Gasteiger partial charge in [-0.2, -0.15) is 4.39 Å². The van der Waals surface area contributed by atoms with Crippen LogP contribution in [0, 0.1) is 5.95 Å². The summed E-state index contributed by atoms with van der Waals surface area (Å²) in [6.07, 6.45) is -0.678. The summed E-state index contributed by atoms with van der Waals surface area (Å²) in [7, 11) is 0. The third kappa shape index (κ3) is 3.94. The molecule has 0 spiro atoms. The van der Waals surface area contributed by atoms with Crippen molar-refractivity contribution in [3.63, 3.8) is 0 Å². The number of nitrogens with one attached hydrogen (secondary N) is 1. The fourth-order valence-corrected chi connectivity index (χ4v) is 2.72. The van der Waals surface area contributed by atoms with Crippen molar-refractivity contribution in [2.45, 2.75) is 24.5 Å². The zero-order valence-electron chi connectivity index (χ0n) is 15.1. The number of H-pyrrole nitrogens is 1. The van der Waals surface area contributed by atoms with Gasteiger partial charge in [-0.05, 0) is 0 Å². The summed E-state index contributed by atoms with van der Waals surface area (Å²) in [5.74, 6) is -1.78. The van der Waals surface area contributed by atoms with Crippen molar-refractivity contribution < 1.29 is 29.2 Å². The predicted molar refractivity (Wildman–Crippen MR) is 96.1 cm³/mol. The first kappa shape index (κ1) is 21.2. The lowest BCUT2D eigenvalue weighted by atomic mass is 10.1. The highest BCUT2D eigenvalue weighted by atomic mass is 19.1. The maximum absolute atomic E-state index is 12.2. The molecule has 3 aromatic rings. The first-order valence-corrected chi connectivity index (χ1v) is 8.35. The van der Waals surface area contributed by atoms with Crippen molar-refractivity contribution in [2.75, 3.05) is 12.3 Å². The maximum atomic E-state index is 12.2. The van der Waals surface area contributed by atoms with Gasteiger partial charge in [-0.15, -0.1) is 0 Å². The molecule has 15 heteroatoms. The van der Waals surface area contributed by atoms with Crippen molar-refractivity contribution in [3.8, 4) is 0 Å². The van der Waals surface area contributed by atoms with E-state index >= 15 is 0 Å². The number of primary amides is 1. The lowest BCUT2D eigenvalue weighted by Crippen LogP contribution is -2.33. The molecule has 4 atom stereocenters. The van der Waals surface area contributed by atoms with E-state index in [0.717, 1.165) is 6.20 Å². The highest BCUT2D eigenvalue weighted by Crippen LogP contribution is 2.31. The molecule has 30 heavy (non-hydrogen) atoms. The second-order valence-electron chi connectivity index (χ2n) is 6.08. The normalized spacial score (nSPS) is 23.2. The molecule has 1 fully saturated rings. The summed E-state index contributed by atoms with van der Waals surface area (Å²) in [6, 6.07) is 0. The van der Waals surface area contributed by atoms with Crippen LogP contribution in [0.5, 0.6) is 0 Å². The molecule has 0 unspecified atom stereocenters. The van der Waals surface area contributed by atoms with Crippen LogP contribution in [-0.4, -0.2) is 75.6 Å². The van der Waals surface area contributed by atoms with E-state index in [1.165, 1.54) is 17.2 Å². The van der Waals surface area contributed by atoms with Crippen LogP contribution in [0.25, 0.3) is 11.2 Å². The van der Waals surface area contributed by atoms with Gasteiger partial charge in [0.2, 0.25) is 5.95 Å². The van der Waals surface area contributed by atoms with Crippen LogP contribution in [0.1, 0.15) is 16.7 Å². The van der Waals surface area contributed by atoms with Crippen molar-refractivity contribution in [2.24, 2.45) is 5.73 Å². The Morgan fingerprint density at radius 1 is 1.30 bits per heavy atom. The van der Waals surface area contributed by atoms with Gasteiger partial charge in [-0.3, -0.25) is 14.2 Å². The van der Waals surface area contributed by atoms with Crippen molar-refractivity contribution in [3.05, 3.63) is 40.8 Å². The van der Waals surface area contributed by atoms with Gasteiger partial charge < -0.3 is 36.5 Å². The molecule has 1 aliphatic rings. The highest BCUT2D eigenvalue weighted by Gasteiger charge is 2.43. The quantitative estimate of drug-likeness (QED) is 0.248. The van der Waals surface area contributed by atoms with E-state index < -0.39 is 54.3 Å². The Bertz CT molecular complexity index is 1120. The molecule has 160 valence electrons. The number of fused-ring (bicyclic) bond motifs is 1. The molecular formula is C15H17FN8O6. The summed E-state index contributed by atoms with van der Waals surface area (Å²) in [6.45, 7) is -0.390. The topological polar surface area (TPSA) is 228 Å². The van der Waals surface area contributed by atoms with E-state index in [4.69, 9.17) is 21.3 Å². The van der Waals surface area contributed by atoms with Gasteiger partial charge in [0, 0.05) is 0 Å². The van der Waals surface area contributed by atoms with Gasteiger partial charge in [0.15, 0.2) is 23.4 Å². The minimum Gasteiger partial charge on any atom is -0.394 e. The zero-order chi connectivity index (χ0) is 22.0. The Morgan fingerprint density at radius 2 is 2.03 bits per heavy atom. The average Bonchev–Trinajstić information content (AvgIpc) is 3.26. The third-order valence-electron chi connectivity index (χ3n) is 4.17. The van der Waals surface area contributed by atoms with Crippen molar-refractivity contribution in [1.29, 1.82) is 0 Å². The number of aromatic nitrogens is 6. The number of hydrogen-bond acceptors (Lipinski definition) is 11. The van der Waals surface area contributed by atoms with Gasteiger partial charge >= 0.3 is 0 Å². The Hall–Kier alpha value is -3.53. The molecule has 0 radical (unpaired) electrons. The number of ether oxygens (including phenoxy) is 1. The van der Waals surface area contributed by atoms with E-state index in [-0.39, 0.29) is 5.82 Å². The van der Waals surface area contributed by atoms with Crippen molar-refractivity contribution >= 4 is 22.9 Å². The van der Waals surface area contributed by atoms with Gasteiger partial charge in [-0.25, -0.2) is 19.9 Å². The lowest BCUT2D eigenvalue weighted by molar-refractivity contribution is -0.0511. The number of carbonyl (C=O) groups excluding carboxylic acids is 1. The molecule has 0 aromatic carbocycles. The molecule has 4 rings (SSSR count). The number of imidazole rings is 1. The third-order valence-corrected chi connectivity index (χ3v) is 4.17. The van der Waals surface area contributed by atoms with Gasteiger partial charge in [0.1, 0.15) is 30.2 Å². The number of amides is 1. The second-order valence-corrected chi connectivity index (χ2v) is 6.08.